The van der Waals surface area contributed by atoms with Gasteiger partial charge in [-0.25, -0.2) is 4.85 Å². The van der Waals surface area contributed by atoms with E-state index in [1.165, 1.54) is 0 Å². The third kappa shape index (κ3) is 1.10. The highest BCUT2D eigenvalue weighted by molar-refractivity contribution is 5.82. The first-order valence-corrected chi connectivity index (χ1v) is 6.64. The van der Waals surface area contributed by atoms with Gasteiger partial charge in [0, 0.05) is 12.3 Å². The summed E-state index contributed by atoms with van der Waals surface area (Å²) in [5.74, 6) is 0.358. The Labute approximate surface area is 111 Å². The summed E-state index contributed by atoms with van der Waals surface area (Å²) in [6, 6.07) is 5.90. The lowest BCUT2D eigenvalue weighted by atomic mass is 9.97. The minimum Gasteiger partial charge on any atom is -0.349 e. The molecule has 1 aromatic carbocycles. The molecule has 19 heavy (non-hydrogen) atoms. The molecule has 0 aromatic heterocycles. The zero-order valence-electron chi connectivity index (χ0n) is 10.7. The van der Waals surface area contributed by atoms with Crippen LogP contribution in [-0.2, 0) is 21.7 Å². The number of ether oxygens (including phenoxy) is 1. The van der Waals surface area contributed by atoms with E-state index in [9.17, 15) is 4.79 Å². The molecule has 0 N–H and O–H groups in total. The fraction of sp³-hybridized carbons (Fsp3) is 0.467. The number of fused-ring (bicyclic) bond motifs is 1. The van der Waals surface area contributed by atoms with Gasteiger partial charge in [-0.2, -0.15) is 0 Å². The number of hydrogen-bond donors (Lipinski definition) is 0. The van der Waals surface area contributed by atoms with Crippen molar-refractivity contribution < 1.29 is 9.53 Å². The second-order valence-corrected chi connectivity index (χ2v) is 5.64. The predicted molar refractivity (Wildman–Crippen MR) is 68.5 cm³/mol. The van der Waals surface area contributed by atoms with Crippen molar-refractivity contribution in [2.75, 3.05) is 6.61 Å². The molecule has 3 aliphatic rings. The van der Waals surface area contributed by atoms with Crippen LogP contribution in [0.3, 0.4) is 0 Å². The molecule has 3 atom stereocenters. The molecule has 2 aliphatic heterocycles. The van der Waals surface area contributed by atoms with Gasteiger partial charge in [0.2, 0.25) is 5.91 Å². The maximum Gasteiger partial charge on any atom is 0.225 e. The number of hydrogen-bond acceptors (Lipinski definition) is 2. The van der Waals surface area contributed by atoms with E-state index in [-0.39, 0.29) is 17.9 Å². The van der Waals surface area contributed by atoms with E-state index in [1.54, 1.807) is 0 Å². The average Bonchev–Trinajstić information content (AvgIpc) is 2.98. The Morgan fingerprint density at radius 3 is 3.11 bits per heavy atom. The molecule has 2 heterocycles. The van der Waals surface area contributed by atoms with E-state index < -0.39 is 5.72 Å². The van der Waals surface area contributed by atoms with Gasteiger partial charge in [0.25, 0.3) is 0 Å². The summed E-state index contributed by atoms with van der Waals surface area (Å²) in [7, 11) is 0. The van der Waals surface area contributed by atoms with Gasteiger partial charge in [-0.15, -0.1) is 0 Å². The van der Waals surface area contributed by atoms with E-state index in [0.717, 1.165) is 17.5 Å². The lowest BCUT2D eigenvalue weighted by molar-refractivity contribution is -0.141. The third-order valence-corrected chi connectivity index (χ3v) is 4.69. The van der Waals surface area contributed by atoms with E-state index in [2.05, 4.69) is 4.85 Å². The smallest absolute Gasteiger partial charge is 0.225 e. The van der Waals surface area contributed by atoms with Crippen molar-refractivity contribution in [2.24, 2.45) is 5.92 Å². The van der Waals surface area contributed by atoms with Crippen molar-refractivity contribution in [2.45, 2.75) is 31.5 Å². The molecule has 4 heteroatoms. The van der Waals surface area contributed by atoms with Crippen LogP contribution in [0, 0.1) is 12.5 Å². The molecule has 2 saturated heterocycles. The summed E-state index contributed by atoms with van der Waals surface area (Å²) in [4.78, 5) is 17.7. The van der Waals surface area contributed by atoms with Crippen molar-refractivity contribution in [1.29, 1.82) is 0 Å². The van der Waals surface area contributed by atoms with Crippen molar-refractivity contribution in [3.05, 3.63) is 40.7 Å². The molecular formula is C15H14N2O2. The van der Waals surface area contributed by atoms with Gasteiger partial charge in [0.05, 0.1) is 19.2 Å². The van der Waals surface area contributed by atoms with Crippen LogP contribution in [0.5, 0.6) is 0 Å². The third-order valence-electron chi connectivity index (χ3n) is 4.69. The maximum atomic E-state index is 12.2. The Hall–Kier alpha value is -1.86. The molecule has 1 amide bonds. The van der Waals surface area contributed by atoms with Crippen LogP contribution < -0.4 is 0 Å². The van der Waals surface area contributed by atoms with Gasteiger partial charge < -0.3 is 9.64 Å². The summed E-state index contributed by atoms with van der Waals surface area (Å²) >= 11 is 0. The second-order valence-electron chi connectivity index (χ2n) is 5.64. The van der Waals surface area contributed by atoms with E-state index in [4.69, 9.17) is 11.3 Å². The molecule has 1 spiro atoms. The van der Waals surface area contributed by atoms with Crippen LogP contribution in [0.1, 0.15) is 24.5 Å². The SMILES string of the molecule is [C-]#[N+]c1cccc2c1C[C@@H]1CC(=O)N3[C@H](C)CO[C@@]213. The molecule has 0 saturated carbocycles. The molecular weight excluding hydrogens is 240 g/mol. The molecule has 2 fully saturated rings. The minimum atomic E-state index is -0.577. The number of nitrogens with zero attached hydrogens (tertiary/aromatic N) is 2. The summed E-state index contributed by atoms with van der Waals surface area (Å²) in [5.41, 5.74) is 2.25. The fourth-order valence-electron chi connectivity index (χ4n) is 4.03. The summed E-state index contributed by atoms with van der Waals surface area (Å²) in [6.07, 6.45) is 1.32. The highest BCUT2D eigenvalue weighted by Crippen LogP contribution is 2.57. The maximum absolute atomic E-state index is 12.2. The van der Waals surface area contributed by atoms with Gasteiger partial charge in [-0.3, -0.25) is 4.79 Å². The molecule has 4 nitrogen and oxygen atoms in total. The molecule has 1 aliphatic carbocycles. The average molecular weight is 254 g/mol. The molecule has 96 valence electrons. The van der Waals surface area contributed by atoms with Gasteiger partial charge in [0.1, 0.15) is 0 Å². The Morgan fingerprint density at radius 1 is 1.47 bits per heavy atom. The number of carbonyl (C=O) groups excluding carboxylic acids is 1. The number of benzene rings is 1. The van der Waals surface area contributed by atoms with E-state index in [0.29, 0.717) is 18.7 Å². The topological polar surface area (TPSA) is 33.9 Å². The normalized spacial score (nSPS) is 34.9. The van der Waals surface area contributed by atoms with Crippen molar-refractivity contribution >= 4 is 11.6 Å². The number of amides is 1. The largest absolute Gasteiger partial charge is 0.349 e. The Balaban J connectivity index is 1.96. The summed E-state index contributed by atoms with van der Waals surface area (Å²) < 4.78 is 6.10. The predicted octanol–water partition coefficient (Wildman–Crippen LogP) is 2.21. The van der Waals surface area contributed by atoms with Crippen molar-refractivity contribution in [3.63, 3.8) is 0 Å². The number of carbonyl (C=O) groups is 1. The second kappa shape index (κ2) is 3.37. The minimum absolute atomic E-state index is 0.125. The van der Waals surface area contributed by atoms with Gasteiger partial charge in [0.15, 0.2) is 11.4 Å². The molecule has 0 radical (unpaired) electrons. The Bertz CT molecular complexity index is 634. The van der Waals surface area contributed by atoms with Crippen LogP contribution >= 0.6 is 0 Å². The Morgan fingerprint density at radius 2 is 2.32 bits per heavy atom. The van der Waals surface area contributed by atoms with Crippen molar-refractivity contribution in [1.82, 2.24) is 4.90 Å². The standard InChI is InChI=1S/C15H14N2O2/c1-9-8-19-15-10(7-14(18)17(9)15)6-11-12(15)4-3-5-13(11)16-2/h3-5,9-10H,6-8H2,1H3/t9-,10-,15-/m1/s1. The monoisotopic (exact) mass is 254 g/mol. The molecule has 0 bridgehead atoms. The van der Waals surface area contributed by atoms with E-state index >= 15 is 0 Å². The quantitative estimate of drug-likeness (QED) is 0.665. The molecule has 0 unspecified atom stereocenters. The lowest BCUT2D eigenvalue weighted by Crippen LogP contribution is -2.43. The zero-order chi connectivity index (χ0) is 13.2. The van der Waals surface area contributed by atoms with Crippen LogP contribution in [-0.4, -0.2) is 23.5 Å². The van der Waals surface area contributed by atoms with Gasteiger partial charge >= 0.3 is 0 Å². The van der Waals surface area contributed by atoms with Crippen LogP contribution in [0.2, 0.25) is 0 Å². The summed E-state index contributed by atoms with van der Waals surface area (Å²) in [5, 5.41) is 0. The molecule has 4 rings (SSSR count). The van der Waals surface area contributed by atoms with Crippen LogP contribution in [0.25, 0.3) is 4.85 Å². The first kappa shape index (κ1) is 11.0. The van der Waals surface area contributed by atoms with E-state index in [1.807, 2.05) is 30.0 Å². The fourth-order valence-corrected chi connectivity index (χ4v) is 4.03. The van der Waals surface area contributed by atoms with Crippen LogP contribution in [0.4, 0.5) is 5.69 Å². The van der Waals surface area contributed by atoms with Crippen LogP contribution in [0.15, 0.2) is 18.2 Å². The first-order chi connectivity index (χ1) is 9.18. The van der Waals surface area contributed by atoms with Gasteiger partial charge in [-0.1, -0.05) is 18.2 Å². The Kier molecular flexibility index (Phi) is 1.95. The molecule has 1 aromatic rings. The first-order valence-electron chi connectivity index (χ1n) is 6.64. The van der Waals surface area contributed by atoms with Gasteiger partial charge in [-0.05, 0) is 24.5 Å². The highest BCUT2D eigenvalue weighted by atomic mass is 16.5. The summed E-state index contributed by atoms with van der Waals surface area (Å²) in [6.45, 7) is 9.91. The zero-order valence-corrected chi connectivity index (χ0v) is 10.7. The van der Waals surface area contributed by atoms with Crippen molar-refractivity contribution in [3.8, 4) is 0 Å². The lowest BCUT2D eigenvalue weighted by Gasteiger charge is -2.33. The highest BCUT2D eigenvalue weighted by Gasteiger charge is 2.63. The number of rotatable bonds is 0.